The third-order valence-electron chi connectivity index (χ3n) is 6.48. The van der Waals surface area contributed by atoms with Gasteiger partial charge in [0.05, 0.1) is 24.3 Å². The van der Waals surface area contributed by atoms with Crippen LogP contribution in [0.5, 0.6) is 0 Å². The summed E-state index contributed by atoms with van der Waals surface area (Å²) in [7, 11) is 1.89. The van der Waals surface area contributed by atoms with Gasteiger partial charge >= 0.3 is 0 Å². The number of aliphatic hydroxyl groups is 1. The SMILES string of the molecule is Cn1cc(-c2cc3c(N4CC(C(=O)N[C@@H]5c6ccccc6C[C@@H]5O)C4)ncnn3c2)cn1. The molecule has 0 bridgehead atoms. The number of nitrogens with one attached hydrogen (secondary N) is 1. The van der Waals surface area contributed by atoms with E-state index in [4.69, 9.17) is 0 Å². The average Bonchev–Trinajstić information content (AvgIpc) is 3.44. The summed E-state index contributed by atoms with van der Waals surface area (Å²) in [5, 5.41) is 22.1. The minimum absolute atomic E-state index is 0.0292. The summed E-state index contributed by atoms with van der Waals surface area (Å²) < 4.78 is 3.58. The molecule has 9 nitrogen and oxygen atoms in total. The summed E-state index contributed by atoms with van der Waals surface area (Å²) in [5.74, 6) is 0.640. The van der Waals surface area contributed by atoms with Crippen molar-refractivity contribution >= 4 is 17.2 Å². The van der Waals surface area contributed by atoms with E-state index in [-0.39, 0.29) is 17.9 Å². The zero-order valence-corrected chi connectivity index (χ0v) is 17.6. The molecule has 2 N–H and O–H groups in total. The van der Waals surface area contributed by atoms with E-state index >= 15 is 0 Å². The van der Waals surface area contributed by atoms with Crippen molar-refractivity contribution in [3.8, 4) is 11.1 Å². The molecule has 1 amide bonds. The molecule has 0 radical (unpaired) electrons. The van der Waals surface area contributed by atoms with E-state index in [1.807, 2.05) is 60.5 Å². The van der Waals surface area contributed by atoms with Gasteiger partial charge in [-0.25, -0.2) is 9.50 Å². The topological polar surface area (TPSA) is 101 Å². The molecule has 6 rings (SSSR count). The highest BCUT2D eigenvalue weighted by Gasteiger charge is 2.38. The number of hydrogen-bond acceptors (Lipinski definition) is 6. The molecule has 1 saturated heterocycles. The highest BCUT2D eigenvalue weighted by molar-refractivity contribution is 5.84. The number of carbonyl (C=O) groups is 1. The number of aryl methyl sites for hydroxylation is 1. The minimum Gasteiger partial charge on any atom is -0.390 e. The Kier molecular flexibility index (Phi) is 4.25. The lowest BCUT2D eigenvalue weighted by Crippen LogP contribution is -2.55. The molecule has 0 saturated carbocycles. The van der Waals surface area contributed by atoms with Crippen molar-refractivity contribution in [2.24, 2.45) is 13.0 Å². The zero-order chi connectivity index (χ0) is 21.8. The first-order valence-electron chi connectivity index (χ1n) is 10.7. The number of aliphatic hydroxyl groups excluding tert-OH is 1. The minimum atomic E-state index is -0.583. The van der Waals surface area contributed by atoms with Crippen molar-refractivity contribution < 1.29 is 9.90 Å². The molecule has 0 unspecified atom stereocenters. The summed E-state index contributed by atoms with van der Waals surface area (Å²) in [5.41, 5.74) is 5.04. The summed E-state index contributed by atoms with van der Waals surface area (Å²) in [6, 6.07) is 9.60. The number of aromatic nitrogens is 5. The quantitative estimate of drug-likeness (QED) is 0.508. The van der Waals surface area contributed by atoms with Gasteiger partial charge in [-0.05, 0) is 17.2 Å². The molecule has 1 aliphatic heterocycles. The van der Waals surface area contributed by atoms with E-state index < -0.39 is 6.10 Å². The smallest absolute Gasteiger partial charge is 0.227 e. The van der Waals surface area contributed by atoms with Gasteiger partial charge in [0, 0.05) is 50.1 Å². The van der Waals surface area contributed by atoms with Gasteiger partial charge in [-0.1, -0.05) is 24.3 Å². The summed E-state index contributed by atoms with van der Waals surface area (Å²) in [4.78, 5) is 19.4. The number of amides is 1. The molecule has 1 aromatic carbocycles. The Labute approximate surface area is 184 Å². The second-order valence-electron chi connectivity index (χ2n) is 8.60. The van der Waals surface area contributed by atoms with Crippen molar-refractivity contribution in [3.05, 3.63) is 66.4 Å². The number of rotatable bonds is 4. The summed E-state index contributed by atoms with van der Waals surface area (Å²) >= 11 is 0. The Morgan fingerprint density at radius 3 is 2.81 bits per heavy atom. The second-order valence-corrected chi connectivity index (χ2v) is 8.60. The van der Waals surface area contributed by atoms with E-state index in [1.54, 1.807) is 4.68 Å². The van der Waals surface area contributed by atoms with E-state index in [2.05, 4.69) is 25.4 Å². The van der Waals surface area contributed by atoms with Crippen LogP contribution in [0.4, 0.5) is 5.82 Å². The average molecular weight is 429 g/mol. The molecular formula is C23H23N7O2. The van der Waals surface area contributed by atoms with Crippen LogP contribution in [0.15, 0.2) is 55.2 Å². The van der Waals surface area contributed by atoms with Crippen LogP contribution >= 0.6 is 0 Å². The largest absolute Gasteiger partial charge is 0.390 e. The fourth-order valence-corrected chi connectivity index (χ4v) is 4.72. The van der Waals surface area contributed by atoms with Gasteiger partial charge in [-0.15, -0.1) is 0 Å². The highest BCUT2D eigenvalue weighted by atomic mass is 16.3. The summed E-state index contributed by atoms with van der Waals surface area (Å²) in [6.07, 6.45) is 7.27. The van der Waals surface area contributed by atoms with E-state index in [0.717, 1.165) is 33.6 Å². The van der Waals surface area contributed by atoms with Crippen LogP contribution in [0, 0.1) is 5.92 Å². The molecular weight excluding hydrogens is 406 g/mol. The molecule has 4 heterocycles. The third-order valence-corrected chi connectivity index (χ3v) is 6.48. The molecule has 1 fully saturated rings. The van der Waals surface area contributed by atoms with Gasteiger partial charge in [0.15, 0.2) is 5.82 Å². The predicted octanol–water partition coefficient (Wildman–Crippen LogP) is 1.34. The maximum atomic E-state index is 12.9. The molecule has 0 spiro atoms. The molecule has 32 heavy (non-hydrogen) atoms. The van der Waals surface area contributed by atoms with Crippen molar-refractivity contribution in [1.82, 2.24) is 29.7 Å². The van der Waals surface area contributed by atoms with E-state index in [0.29, 0.717) is 19.5 Å². The number of carbonyl (C=O) groups excluding carboxylic acids is 1. The van der Waals surface area contributed by atoms with Crippen molar-refractivity contribution in [3.63, 3.8) is 0 Å². The number of hydrogen-bond donors (Lipinski definition) is 2. The Morgan fingerprint density at radius 2 is 2.00 bits per heavy atom. The number of fused-ring (bicyclic) bond motifs is 2. The Hall–Kier alpha value is -3.72. The molecule has 2 aliphatic rings. The van der Waals surface area contributed by atoms with Gasteiger partial charge < -0.3 is 15.3 Å². The summed E-state index contributed by atoms with van der Waals surface area (Å²) in [6.45, 7) is 1.16. The van der Waals surface area contributed by atoms with Gasteiger partial charge in [0.25, 0.3) is 0 Å². The molecule has 3 aromatic heterocycles. The normalized spacial score (nSPS) is 20.4. The van der Waals surface area contributed by atoms with Crippen LogP contribution in [0.2, 0.25) is 0 Å². The zero-order valence-electron chi connectivity index (χ0n) is 17.6. The first-order chi connectivity index (χ1) is 15.6. The fraction of sp³-hybridized carbons (Fsp3) is 0.304. The van der Waals surface area contributed by atoms with Crippen molar-refractivity contribution in [2.45, 2.75) is 18.6 Å². The van der Waals surface area contributed by atoms with Gasteiger partial charge in [0.1, 0.15) is 11.8 Å². The first kappa shape index (κ1) is 19.0. The Balaban J connectivity index is 1.17. The van der Waals surface area contributed by atoms with Crippen LogP contribution in [-0.4, -0.2) is 54.6 Å². The van der Waals surface area contributed by atoms with Crippen molar-refractivity contribution in [2.75, 3.05) is 18.0 Å². The first-order valence-corrected chi connectivity index (χ1v) is 10.7. The van der Waals surface area contributed by atoms with Crippen LogP contribution in [0.25, 0.3) is 16.6 Å². The number of nitrogens with zero attached hydrogens (tertiary/aromatic N) is 6. The van der Waals surface area contributed by atoms with Crippen LogP contribution in [0.1, 0.15) is 17.2 Å². The molecule has 1 aliphatic carbocycles. The lowest BCUT2D eigenvalue weighted by atomic mass is 9.97. The van der Waals surface area contributed by atoms with Crippen molar-refractivity contribution in [1.29, 1.82) is 0 Å². The molecule has 9 heteroatoms. The molecule has 4 aromatic rings. The fourth-order valence-electron chi connectivity index (χ4n) is 4.72. The Morgan fingerprint density at radius 1 is 1.16 bits per heavy atom. The van der Waals surface area contributed by atoms with Gasteiger partial charge in [-0.2, -0.15) is 10.2 Å². The van der Waals surface area contributed by atoms with Gasteiger partial charge in [-0.3, -0.25) is 9.48 Å². The lowest BCUT2D eigenvalue weighted by Gasteiger charge is -2.39. The molecule has 162 valence electrons. The third kappa shape index (κ3) is 3.04. The maximum Gasteiger partial charge on any atom is 0.227 e. The van der Waals surface area contributed by atoms with E-state index in [9.17, 15) is 9.90 Å². The lowest BCUT2D eigenvalue weighted by molar-refractivity contribution is -0.127. The van der Waals surface area contributed by atoms with E-state index in [1.165, 1.54) is 6.33 Å². The monoisotopic (exact) mass is 429 g/mol. The molecule has 2 atom stereocenters. The van der Waals surface area contributed by atoms with Crippen LogP contribution in [-0.2, 0) is 18.3 Å². The number of benzene rings is 1. The van der Waals surface area contributed by atoms with Crippen LogP contribution in [0.3, 0.4) is 0 Å². The van der Waals surface area contributed by atoms with Gasteiger partial charge in [0.2, 0.25) is 5.91 Å². The standard InChI is InChI=1S/C23H23N7O2/c1-28-9-16(8-25-28)15-6-19-22(24-13-26-30(19)12-15)29-10-17(11-29)23(32)27-21-18-5-3-2-4-14(18)7-20(21)31/h2-6,8-9,12-13,17,20-21,31H,7,10-11H2,1H3,(H,27,32)/t20-,21+/m0/s1. The number of anilines is 1. The second kappa shape index (κ2) is 7.16. The van der Waals surface area contributed by atoms with Crippen LogP contribution < -0.4 is 10.2 Å². The highest BCUT2D eigenvalue weighted by Crippen LogP contribution is 2.33. The maximum absolute atomic E-state index is 12.9. The Bertz CT molecular complexity index is 1320. The predicted molar refractivity (Wildman–Crippen MR) is 118 cm³/mol.